The van der Waals surface area contributed by atoms with Crippen LogP contribution >= 0.6 is 47.1 Å². The molecule has 0 aliphatic heterocycles. The second-order valence-corrected chi connectivity index (χ2v) is 6.20. The maximum absolute atomic E-state index is 12.5. The fraction of sp³-hybridized carbons (Fsp3) is 0.538. The Hall–Kier alpha value is -0.490. The minimum Gasteiger partial charge on any atom is -0.357 e. The lowest BCUT2D eigenvalue weighted by Crippen LogP contribution is -2.38. The molecule has 0 fully saturated rings. The summed E-state index contributed by atoms with van der Waals surface area (Å²) in [6.07, 6.45) is -2.56. The number of thioether (sulfide) groups is 1. The average molecular weight is 480 g/mol. The summed E-state index contributed by atoms with van der Waals surface area (Å²) in [4.78, 5) is 7.79. The van der Waals surface area contributed by atoms with Crippen molar-refractivity contribution in [1.82, 2.24) is 15.6 Å². The molecule has 2 N–H and O–H groups in total. The van der Waals surface area contributed by atoms with Crippen molar-refractivity contribution in [3.05, 3.63) is 28.7 Å². The molecule has 0 saturated carbocycles. The average Bonchev–Trinajstić information content (AvgIpc) is 2.93. The Labute approximate surface area is 159 Å². The van der Waals surface area contributed by atoms with Gasteiger partial charge in [0.2, 0.25) is 0 Å². The highest BCUT2D eigenvalue weighted by Crippen LogP contribution is 2.30. The number of aliphatic imine (C=N–C) groups is 1. The Morgan fingerprint density at radius 2 is 2.22 bits per heavy atom. The number of hydrogen-bond donors (Lipinski definition) is 2. The van der Waals surface area contributed by atoms with Crippen molar-refractivity contribution in [3.63, 3.8) is 0 Å². The highest BCUT2D eigenvalue weighted by Gasteiger charge is 2.33. The van der Waals surface area contributed by atoms with Gasteiger partial charge in [0.15, 0.2) is 11.7 Å². The van der Waals surface area contributed by atoms with Crippen LogP contribution in [-0.4, -0.2) is 35.5 Å². The molecule has 0 saturated heterocycles. The predicted octanol–water partition coefficient (Wildman–Crippen LogP) is 3.75. The minimum atomic E-state index is -4.40. The van der Waals surface area contributed by atoms with Crippen LogP contribution in [0.15, 0.2) is 23.0 Å². The lowest BCUT2D eigenvalue weighted by atomic mass is 10.5. The molecule has 1 aromatic heterocycles. The van der Waals surface area contributed by atoms with Crippen LogP contribution in [0, 0.1) is 0 Å². The maximum atomic E-state index is 12.5. The van der Waals surface area contributed by atoms with Gasteiger partial charge in [-0.2, -0.15) is 24.9 Å². The van der Waals surface area contributed by atoms with Crippen LogP contribution in [0.25, 0.3) is 0 Å². The van der Waals surface area contributed by atoms with Gasteiger partial charge in [-0.25, -0.2) is 9.98 Å². The first kappa shape index (κ1) is 22.5. The third-order valence-corrected chi connectivity index (χ3v) is 4.13. The highest BCUT2D eigenvalue weighted by atomic mass is 127. The quantitative estimate of drug-likeness (QED) is 0.196. The number of aromatic nitrogens is 1. The second kappa shape index (κ2) is 12.0. The largest absolute Gasteiger partial charge is 0.434 e. The lowest BCUT2D eigenvalue weighted by molar-refractivity contribution is -0.140. The minimum absolute atomic E-state index is 0. The van der Waals surface area contributed by atoms with Crippen LogP contribution in [0.2, 0.25) is 0 Å². The van der Waals surface area contributed by atoms with E-state index in [1.165, 1.54) is 0 Å². The normalized spacial score (nSPS) is 11.7. The van der Waals surface area contributed by atoms with Gasteiger partial charge in [-0.1, -0.05) is 6.08 Å². The summed E-state index contributed by atoms with van der Waals surface area (Å²) in [5, 5.41) is 7.52. The van der Waals surface area contributed by atoms with E-state index < -0.39 is 11.9 Å². The number of rotatable bonds is 8. The molecule has 4 nitrogen and oxygen atoms in total. The Bertz CT molecular complexity index is 492. The topological polar surface area (TPSA) is 49.3 Å². The van der Waals surface area contributed by atoms with Crippen molar-refractivity contribution >= 4 is 53.0 Å². The zero-order valence-corrected chi connectivity index (χ0v) is 16.6. The van der Waals surface area contributed by atoms with Crippen molar-refractivity contribution in [3.8, 4) is 0 Å². The van der Waals surface area contributed by atoms with E-state index in [0.29, 0.717) is 17.5 Å². The van der Waals surface area contributed by atoms with Gasteiger partial charge in [0, 0.05) is 30.0 Å². The van der Waals surface area contributed by atoms with Gasteiger partial charge in [-0.05, 0) is 6.92 Å². The molecule has 1 heterocycles. The Morgan fingerprint density at radius 3 is 2.78 bits per heavy atom. The standard InChI is InChI=1S/C13H19F3N4S2.HI/c1-3-6-21-7-5-18-12(17-4-2)19-8-11-20-10(9-22-11)13(14,15)16;/h3,9H,1,4-8H2,2H3,(H2,17,18,19);1H. The van der Waals surface area contributed by atoms with Gasteiger partial charge >= 0.3 is 6.18 Å². The molecule has 1 aromatic rings. The van der Waals surface area contributed by atoms with E-state index in [2.05, 4.69) is 27.2 Å². The van der Waals surface area contributed by atoms with E-state index in [1.807, 2.05) is 13.0 Å². The second-order valence-electron chi connectivity index (χ2n) is 4.11. The summed E-state index contributed by atoms with van der Waals surface area (Å²) in [7, 11) is 0. The molecule has 0 aromatic carbocycles. The Morgan fingerprint density at radius 1 is 1.48 bits per heavy atom. The molecule has 132 valence electrons. The molecule has 0 aliphatic carbocycles. The van der Waals surface area contributed by atoms with Gasteiger partial charge in [-0.3, -0.25) is 0 Å². The third-order valence-electron chi connectivity index (χ3n) is 2.33. The zero-order chi connectivity index (χ0) is 16.4. The zero-order valence-electron chi connectivity index (χ0n) is 12.7. The van der Waals surface area contributed by atoms with Crippen LogP contribution in [0.5, 0.6) is 0 Å². The molecule has 0 unspecified atom stereocenters. The number of alkyl halides is 3. The molecule has 0 atom stereocenters. The van der Waals surface area contributed by atoms with E-state index in [4.69, 9.17) is 0 Å². The summed E-state index contributed by atoms with van der Waals surface area (Å²) in [6, 6.07) is 0. The number of thiazole rings is 1. The number of hydrogen-bond acceptors (Lipinski definition) is 4. The Kier molecular flexibility index (Phi) is 11.7. The highest BCUT2D eigenvalue weighted by molar-refractivity contribution is 14.0. The van der Waals surface area contributed by atoms with Gasteiger partial charge in [-0.15, -0.1) is 41.9 Å². The van der Waals surface area contributed by atoms with Crippen molar-refractivity contribution in [2.75, 3.05) is 24.6 Å². The summed E-state index contributed by atoms with van der Waals surface area (Å²) in [5.74, 6) is 2.35. The lowest BCUT2D eigenvalue weighted by Gasteiger charge is -2.10. The SMILES string of the molecule is C=CCSCCNC(=NCc1nc(C(F)(F)F)cs1)NCC.I. The molecule has 10 heteroatoms. The predicted molar refractivity (Wildman–Crippen MR) is 103 cm³/mol. The fourth-order valence-corrected chi connectivity index (χ4v) is 2.71. The number of nitrogens with zero attached hydrogens (tertiary/aromatic N) is 2. The monoisotopic (exact) mass is 480 g/mol. The van der Waals surface area contributed by atoms with Gasteiger partial charge < -0.3 is 10.6 Å². The first-order valence-electron chi connectivity index (χ1n) is 6.69. The number of nitrogens with one attached hydrogen (secondary N) is 2. The molecule has 0 amide bonds. The fourth-order valence-electron chi connectivity index (χ4n) is 1.41. The van der Waals surface area contributed by atoms with Crippen molar-refractivity contribution in [1.29, 1.82) is 0 Å². The van der Waals surface area contributed by atoms with E-state index in [9.17, 15) is 13.2 Å². The number of guanidine groups is 1. The third kappa shape index (κ3) is 9.40. The van der Waals surface area contributed by atoms with Gasteiger partial charge in [0.25, 0.3) is 0 Å². The summed E-state index contributed by atoms with van der Waals surface area (Å²) >= 11 is 2.70. The first-order valence-corrected chi connectivity index (χ1v) is 8.73. The molecule has 0 aliphatic rings. The van der Waals surface area contributed by atoms with Crippen molar-refractivity contribution < 1.29 is 13.2 Å². The molecule has 1 rings (SSSR count). The van der Waals surface area contributed by atoms with E-state index in [0.717, 1.165) is 34.8 Å². The molecule has 0 radical (unpaired) electrons. The maximum Gasteiger partial charge on any atom is 0.434 e. The smallest absolute Gasteiger partial charge is 0.357 e. The number of halogens is 4. The summed E-state index contributed by atoms with van der Waals surface area (Å²) < 4.78 is 37.4. The van der Waals surface area contributed by atoms with Crippen LogP contribution in [0.4, 0.5) is 13.2 Å². The molecular weight excluding hydrogens is 460 g/mol. The van der Waals surface area contributed by atoms with Gasteiger partial charge in [0.05, 0.1) is 6.54 Å². The summed E-state index contributed by atoms with van der Waals surface area (Å²) in [5.41, 5.74) is -0.860. The van der Waals surface area contributed by atoms with Crippen molar-refractivity contribution in [2.45, 2.75) is 19.6 Å². The van der Waals surface area contributed by atoms with Crippen LogP contribution < -0.4 is 10.6 Å². The van der Waals surface area contributed by atoms with Crippen LogP contribution in [0.3, 0.4) is 0 Å². The molecule has 0 spiro atoms. The molecular formula is C13H20F3IN4S2. The van der Waals surface area contributed by atoms with E-state index >= 15 is 0 Å². The summed E-state index contributed by atoms with van der Waals surface area (Å²) in [6.45, 7) is 7.08. The van der Waals surface area contributed by atoms with E-state index in [-0.39, 0.29) is 30.5 Å². The van der Waals surface area contributed by atoms with Gasteiger partial charge in [0.1, 0.15) is 5.01 Å². The first-order chi connectivity index (χ1) is 10.5. The molecule has 23 heavy (non-hydrogen) atoms. The van der Waals surface area contributed by atoms with Crippen LogP contribution in [0.1, 0.15) is 17.6 Å². The van der Waals surface area contributed by atoms with Crippen molar-refractivity contribution in [2.24, 2.45) is 4.99 Å². The van der Waals surface area contributed by atoms with E-state index in [1.54, 1.807) is 11.8 Å². The molecule has 0 bridgehead atoms. The Balaban J connectivity index is 0.00000484. The van der Waals surface area contributed by atoms with Crippen LogP contribution in [-0.2, 0) is 12.7 Å².